The Morgan fingerprint density at radius 2 is 1.87 bits per heavy atom. The largest absolute Gasteiger partial charge is 0.462 e. The first kappa shape index (κ1) is 12.5. The molecule has 1 rings (SSSR count). The molecule has 1 aromatic rings. The lowest BCUT2D eigenvalue weighted by Gasteiger charge is -2.12. The highest BCUT2D eigenvalue weighted by Gasteiger charge is 2.19. The van der Waals surface area contributed by atoms with E-state index in [1.54, 1.807) is 24.3 Å². The highest BCUT2D eigenvalue weighted by Crippen LogP contribution is 2.25. The Labute approximate surface area is 103 Å². The van der Waals surface area contributed by atoms with Crippen molar-refractivity contribution in [1.29, 1.82) is 0 Å². The van der Waals surface area contributed by atoms with Crippen molar-refractivity contribution in [3.05, 3.63) is 34.9 Å². The Bertz CT molecular complexity index is 335. The van der Waals surface area contributed by atoms with Gasteiger partial charge in [0.05, 0.1) is 6.10 Å². The summed E-state index contributed by atoms with van der Waals surface area (Å²) < 4.78 is 5.08. The standard InChI is InChI=1S/C11H12BrClO2/c1-7(2)15-11(14)10(12)8-3-5-9(13)6-4-8/h3-7,10H,1-2H3/t10-/m1/s1. The van der Waals surface area contributed by atoms with Crippen LogP contribution in [0.5, 0.6) is 0 Å². The monoisotopic (exact) mass is 290 g/mol. The quantitative estimate of drug-likeness (QED) is 0.626. The SMILES string of the molecule is CC(C)OC(=O)[C@H](Br)c1ccc(Cl)cc1. The smallest absolute Gasteiger partial charge is 0.324 e. The fourth-order valence-corrected chi connectivity index (χ4v) is 1.60. The lowest BCUT2D eigenvalue weighted by atomic mass is 10.1. The van der Waals surface area contributed by atoms with Crippen LogP contribution in [0.4, 0.5) is 0 Å². The molecule has 0 heterocycles. The van der Waals surface area contributed by atoms with Gasteiger partial charge in [-0.1, -0.05) is 39.7 Å². The molecule has 0 amide bonds. The summed E-state index contributed by atoms with van der Waals surface area (Å²) in [5.74, 6) is -0.285. The molecule has 0 N–H and O–H groups in total. The van der Waals surface area contributed by atoms with Crippen LogP contribution in [0.15, 0.2) is 24.3 Å². The van der Waals surface area contributed by atoms with Crippen molar-refractivity contribution in [2.75, 3.05) is 0 Å². The van der Waals surface area contributed by atoms with Crippen molar-refractivity contribution in [2.24, 2.45) is 0 Å². The van der Waals surface area contributed by atoms with Gasteiger partial charge in [0.2, 0.25) is 0 Å². The van der Waals surface area contributed by atoms with Gasteiger partial charge >= 0.3 is 5.97 Å². The predicted octanol–water partition coefficient (Wildman–Crippen LogP) is 3.73. The van der Waals surface area contributed by atoms with Crippen LogP contribution in [-0.4, -0.2) is 12.1 Å². The second-order valence-corrected chi connectivity index (χ2v) is 4.75. The van der Waals surface area contributed by atoms with E-state index < -0.39 is 4.83 Å². The zero-order valence-corrected chi connectivity index (χ0v) is 10.9. The number of benzene rings is 1. The Morgan fingerprint density at radius 1 is 1.33 bits per heavy atom. The molecule has 0 aliphatic rings. The maximum Gasteiger partial charge on any atom is 0.324 e. The van der Waals surface area contributed by atoms with Gasteiger partial charge in [0.1, 0.15) is 4.83 Å². The number of hydrogen-bond acceptors (Lipinski definition) is 2. The maximum absolute atomic E-state index is 11.5. The lowest BCUT2D eigenvalue weighted by molar-refractivity contribution is -0.146. The van der Waals surface area contributed by atoms with E-state index in [0.29, 0.717) is 5.02 Å². The zero-order valence-electron chi connectivity index (χ0n) is 8.54. The third kappa shape index (κ3) is 3.84. The number of hydrogen-bond donors (Lipinski definition) is 0. The third-order valence-electron chi connectivity index (χ3n) is 1.72. The minimum Gasteiger partial charge on any atom is -0.462 e. The van der Waals surface area contributed by atoms with E-state index in [9.17, 15) is 4.79 Å². The van der Waals surface area contributed by atoms with Crippen LogP contribution in [0.25, 0.3) is 0 Å². The summed E-state index contributed by atoms with van der Waals surface area (Å²) in [5.41, 5.74) is 0.838. The van der Waals surface area contributed by atoms with Crippen molar-refractivity contribution in [2.45, 2.75) is 24.8 Å². The summed E-state index contributed by atoms with van der Waals surface area (Å²) in [4.78, 5) is 11.1. The minimum absolute atomic E-state index is 0.107. The van der Waals surface area contributed by atoms with Crippen LogP contribution in [0, 0.1) is 0 Å². The number of alkyl halides is 1. The molecule has 0 aliphatic heterocycles. The highest BCUT2D eigenvalue weighted by atomic mass is 79.9. The number of rotatable bonds is 3. The number of esters is 1. The van der Waals surface area contributed by atoms with Gasteiger partial charge in [0, 0.05) is 5.02 Å². The zero-order chi connectivity index (χ0) is 11.4. The summed E-state index contributed by atoms with van der Waals surface area (Å²) in [6.45, 7) is 3.64. The molecule has 4 heteroatoms. The molecule has 1 atom stereocenters. The Balaban J connectivity index is 2.71. The first-order valence-corrected chi connectivity index (χ1v) is 5.90. The van der Waals surface area contributed by atoms with Gasteiger partial charge in [-0.3, -0.25) is 4.79 Å². The van der Waals surface area contributed by atoms with Gasteiger partial charge in [-0.05, 0) is 31.5 Å². The topological polar surface area (TPSA) is 26.3 Å². The molecule has 0 spiro atoms. The molecule has 2 nitrogen and oxygen atoms in total. The molecular formula is C11H12BrClO2. The molecular weight excluding hydrogens is 279 g/mol. The van der Waals surface area contributed by atoms with Crippen LogP contribution < -0.4 is 0 Å². The average Bonchev–Trinajstić information content (AvgIpc) is 2.17. The second kappa shape index (κ2) is 5.52. The predicted molar refractivity (Wildman–Crippen MR) is 64.3 cm³/mol. The fraction of sp³-hybridized carbons (Fsp3) is 0.364. The molecule has 0 saturated carbocycles. The Hall–Kier alpha value is -0.540. The van der Waals surface area contributed by atoms with Crippen molar-refractivity contribution in [1.82, 2.24) is 0 Å². The first-order chi connectivity index (χ1) is 7.00. The third-order valence-corrected chi connectivity index (χ3v) is 2.88. The fourth-order valence-electron chi connectivity index (χ4n) is 1.06. The van der Waals surface area contributed by atoms with E-state index in [1.807, 2.05) is 13.8 Å². The summed E-state index contributed by atoms with van der Waals surface area (Å²) in [7, 11) is 0. The molecule has 1 aromatic carbocycles. The van der Waals surface area contributed by atoms with Gasteiger partial charge < -0.3 is 4.74 Å². The second-order valence-electron chi connectivity index (χ2n) is 3.40. The van der Waals surface area contributed by atoms with E-state index in [2.05, 4.69) is 15.9 Å². The van der Waals surface area contributed by atoms with Crippen molar-refractivity contribution in [3.63, 3.8) is 0 Å². The minimum atomic E-state index is -0.433. The van der Waals surface area contributed by atoms with Gasteiger partial charge in [-0.2, -0.15) is 0 Å². The summed E-state index contributed by atoms with van der Waals surface area (Å²) in [5, 5.41) is 0.649. The van der Waals surface area contributed by atoms with Crippen molar-refractivity contribution >= 4 is 33.5 Å². The van der Waals surface area contributed by atoms with E-state index in [-0.39, 0.29) is 12.1 Å². The van der Waals surface area contributed by atoms with Crippen molar-refractivity contribution in [3.8, 4) is 0 Å². The van der Waals surface area contributed by atoms with Crippen LogP contribution in [0.2, 0.25) is 5.02 Å². The van der Waals surface area contributed by atoms with E-state index in [0.717, 1.165) is 5.56 Å². The van der Waals surface area contributed by atoms with Gasteiger partial charge in [0.25, 0.3) is 0 Å². The normalized spacial score (nSPS) is 12.6. The van der Waals surface area contributed by atoms with Crippen LogP contribution >= 0.6 is 27.5 Å². The number of ether oxygens (including phenoxy) is 1. The molecule has 15 heavy (non-hydrogen) atoms. The maximum atomic E-state index is 11.5. The van der Waals surface area contributed by atoms with Gasteiger partial charge in [-0.25, -0.2) is 0 Å². The molecule has 0 fully saturated rings. The molecule has 0 saturated heterocycles. The summed E-state index contributed by atoms with van der Waals surface area (Å²) in [6, 6.07) is 7.08. The number of carbonyl (C=O) groups excluding carboxylic acids is 1. The number of carbonyl (C=O) groups is 1. The van der Waals surface area contributed by atoms with E-state index >= 15 is 0 Å². The van der Waals surface area contributed by atoms with E-state index in [1.165, 1.54) is 0 Å². The lowest BCUT2D eigenvalue weighted by Crippen LogP contribution is -2.15. The molecule has 0 bridgehead atoms. The highest BCUT2D eigenvalue weighted by molar-refractivity contribution is 9.09. The van der Waals surface area contributed by atoms with Gasteiger partial charge in [0.15, 0.2) is 0 Å². The Kier molecular flexibility index (Phi) is 4.61. The number of halogens is 2. The molecule has 0 aromatic heterocycles. The molecule has 82 valence electrons. The van der Waals surface area contributed by atoms with Crippen LogP contribution in [0.1, 0.15) is 24.2 Å². The van der Waals surface area contributed by atoms with Crippen LogP contribution in [-0.2, 0) is 9.53 Å². The summed E-state index contributed by atoms with van der Waals surface area (Å²) >= 11 is 9.04. The van der Waals surface area contributed by atoms with Crippen LogP contribution in [0.3, 0.4) is 0 Å². The first-order valence-electron chi connectivity index (χ1n) is 4.60. The molecule has 0 unspecified atom stereocenters. The van der Waals surface area contributed by atoms with E-state index in [4.69, 9.17) is 16.3 Å². The van der Waals surface area contributed by atoms with Crippen molar-refractivity contribution < 1.29 is 9.53 Å². The molecule has 0 aliphatic carbocycles. The summed E-state index contributed by atoms with van der Waals surface area (Å²) in [6.07, 6.45) is -0.107. The Morgan fingerprint density at radius 3 is 2.33 bits per heavy atom. The molecule has 0 radical (unpaired) electrons. The average molecular weight is 292 g/mol. The van der Waals surface area contributed by atoms with Gasteiger partial charge in [-0.15, -0.1) is 0 Å².